The van der Waals surface area contributed by atoms with Crippen LogP contribution in [0.5, 0.6) is 0 Å². The average molecular weight is 268 g/mol. The molecule has 0 aliphatic carbocycles. The van der Waals surface area contributed by atoms with E-state index in [1.54, 1.807) is 6.07 Å². The van der Waals surface area contributed by atoms with E-state index in [1.165, 1.54) is 0 Å². The van der Waals surface area contributed by atoms with E-state index in [0.29, 0.717) is 4.90 Å². The van der Waals surface area contributed by atoms with Crippen molar-refractivity contribution >= 4 is 24.7 Å². The molecule has 1 saturated heterocycles. The van der Waals surface area contributed by atoms with Crippen LogP contribution in [-0.2, 0) is 9.31 Å². The van der Waals surface area contributed by atoms with Crippen molar-refractivity contribution in [3.63, 3.8) is 0 Å². The van der Waals surface area contributed by atoms with E-state index < -0.39 is 7.12 Å². The first-order valence-corrected chi connectivity index (χ1v) is 6.73. The quantitative estimate of drug-likeness (QED) is 0.767. The molecule has 0 radical (unpaired) electrons. The van der Waals surface area contributed by atoms with E-state index in [-0.39, 0.29) is 23.3 Å². The maximum atomic E-state index is 12.8. The van der Waals surface area contributed by atoms with Gasteiger partial charge in [-0.25, -0.2) is 0 Å². The number of hydrogen-bond acceptors (Lipinski definition) is 3. The Labute approximate surface area is 113 Å². The molecular formula is C13H18BFO2S. The normalized spacial score (nSPS) is 21.3. The highest BCUT2D eigenvalue weighted by atomic mass is 32.2. The van der Waals surface area contributed by atoms with Gasteiger partial charge in [-0.2, -0.15) is 3.89 Å². The molecule has 0 spiro atoms. The van der Waals surface area contributed by atoms with Crippen molar-refractivity contribution in [3.05, 3.63) is 23.8 Å². The van der Waals surface area contributed by atoms with Crippen molar-refractivity contribution in [2.75, 3.05) is 0 Å². The van der Waals surface area contributed by atoms with Crippen LogP contribution in [0.4, 0.5) is 3.89 Å². The molecule has 0 saturated carbocycles. The molecule has 0 bridgehead atoms. The molecule has 98 valence electrons. The van der Waals surface area contributed by atoms with Crippen LogP contribution in [0.2, 0.25) is 0 Å². The molecule has 5 heteroatoms. The fourth-order valence-electron chi connectivity index (χ4n) is 1.83. The smallest absolute Gasteiger partial charge is 0.399 e. The van der Waals surface area contributed by atoms with E-state index in [1.807, 2.05) is 46.8 Å². The minimum atomic E-state index is -0.429. The molecule has 0 aromatic heterocycles. The van der Waals surface area contributed by atoms with E-state index in [2.05, 4.69) is 0 Å². The SMILES string of the molecule is Cc1ccc(B2OC(C)(C)C(C)(C)O2)cc1SF. The van der Waals surface area contributed by atoms with Crippen molar-refractivity contribution in [1.29, 1.82) is 0 Å². The fraction of sp³-hybridized carbons (Fsp3) is 0.538. The number of benzene rings is 1. The highest BCUT2D eigenvalue weighted by Crippen LogP contribution is 2.36. The predicted octanol–water partition coefficient (Wildman–Crippen LogP) is 3.27. The summed E-state index contributed by atoms with van der Waals surface area (Å²) in [6.45, 7) is 9.91. The molecule has 2 nitrogen and oxygen atoms in total. The Morgan fingerprint density at radius 2 is 1.67 bits per heavy atom. The summed E-state index contributed by atoms with van der Waals surface area (Å²) in [6.07, 6.45) is 0. The standard InChI is InChI=1S/C13H18BFO2S/c1-9-6-7-10(8-11(9)18-15)14-16-12(2,3)13(4,5)17-14/h6-8H,1-5H3. The average Bonchev–Trinajstić information content (AvgIpc) is 2.49. The Morgan fingerprint density at radius 1 is 1.11 bits per heavy atom. The zero-order chi connectivity index (χ0) is 13.6. The molecule has 1 heterocycles. The van der Waals surface area contributed by atoms with Gasteiger partial charge in [0.2, 0.25) is 0 Å². The molecule has 1 aromatic carbocycles. The van der Waals surface area contributed by atoms with Crippen LogP contribution in [-0.4, -0.2) is 18.3 Å². The lowest BCUT2D eigenvalue weighted by Gasteiger charge is -2.32. The van der Waals surface area contributed by atoms with Crippen LogP contribution in [0.15, 0.2) is 23.1 Å². The Kier molecular flexibility index (Phi) is 3.51. The molecule has 18 heavy (non-hydrogen) atoms. The van der Waals surface area contributed by atoms with Crippen LogP contribution in [0, 0.1) is 6.92 Å². The Hall–Kier alpha value is -0.515. The second-order valence-corrected chi connectivity index (χ2v) is 6.28. The summed E-state index contributed by atoms with van der Waals surface area (Å²) >= 11 is 0.257. The molecule has 0 amide bonds. The van der Waals surface area contributed by atoms with Gasteiger partial charge in [0.1, 0.15) is 0 Å². The van der Waals surface area contributed by atoms with E-state index in [0.717, 1.165) is 11.0 Å². The summed E-state index contributed by atoms with van der Waals surface area (Å²) in [5.41, 5.74) is 1.04. The Bertz CT molecular complexity index is 446. The van der Waals surface area contributed by atoms with Gasteiger partial charge in [-0.05, 0) is 51.7 Å². The van der Waals surface area contributed by atoms with Gasteiger partial charge in [0.25, 0.3) is 0 Å². The molecule has 0 N–H and O–H groups in total. The van der Waals surface area contributed by atoms with Gasteiger partial charge in [-0.3, -0.25) is 0 Å². The summed E-state index contributed by atoms with van der Waals surface area (Å²) < 4.78 is 24.7. The van der Waals surface area contributed by atoms with Gasteiger partial charge in [-0.1, -0.05) is 12.1 Å². The van der Waals surface area contributed by atoms with Crippen LogP contribution >= 0.6 is 12.1 Å². The first kappa shape index (κ1) is 13.9. The maximum Gasteiger partial charge on any atom is 0.494 e. The number of aryl methyl sites for hydroxylation is 1. The Balaban J connectivity index is 2.30. The van der Waals surface area contributed by atoms with Crippen molar-refractivity contribution < 1.29 is 13.2 Å². The van der Waals surface area contributed by atoms with E-state index in [4.69, 9.17) is 9.31 Å². The van der Waals surface area contributed by atoms with E-state index >= 15 is 0 Å². The summed E-state index contributed by atoms with van der Waals surface area (Å²) in [5.74, 6) is 0. The van der Waals surface area contributed by atoms with Crippen molar-refractivity contribution in [2.45, 2.75) is 50.7 Å². The fourth-order valence-corrected chi connectivity index (χ4v) is 2.20. The molecular weight excluding hydrogens is 250 g/mol. The van der Waals surface area contributed by atoms with E-state index in [9.17, 15) is 3.89 Å². The zero-order valence-electron chi connectivity index (χ0n) is 11.4. The van der Waals surface area contributed by atoms with Crippen LogP contribution in [0.1, 0.15) is 33.3 Å². The molecule has 0 atom stereocenters. The number of rotatable bonds is 2. The van der Waals surface area contributed by atoms with Crippen molar-refractivity contribution in [2.24, 2.45) is 0 Å². The first-order chi connectivity index (χ1) is 8.27. The summed E-state index contributed by atoms with van der Waals surface area (Å²) in [6, 6.07) is 5.61. The second-order valence-electron chi connectivity index (χ2n) is 5.69. The largest absolute Gasteiger partial charge is 0.494 e. The lowest BCUT2D eigenvalue weighted by Crippen LogP contribution is -2.41. The van der Waals surface area contributed by atoms with Crippen LogP contribution < -0.4 is 5.46 Å². The third-order valence-electron chi connectivity index (χ3n) is 3.82. The highest BCUT2D eigenvalue weighted by Gasteiger charge is 2.51. The van der Waals surface area contributed by atoms with Crippen molar-refractivity contribution in [3.8, 4) is 0 Å². The van der Waals surface area contributed by atoms with Gasteiger partial charge in [0.05, 0.1) is 23.3 Å². The van der Waals surface area contributed by atoms with Gasteiger partial charge in [0, 0.05) is 4.90 Å². The number of halogens is 1. The molecule has 1 aromatic rings. The summed E-state index contributed by atoms with van der Waals surface area (Å²) in [4.78, 5) is 0.613. The highest BCUT2D eigenvalue weighted by molar-refractivity contribution is 7.94. The molecule has 2 rings (SSSR count). The minimum Gasteiger partial charge on any atom is -0.399 e. The molecule has 1 aliphatic heterocycles. The number of hydrogen-bond donors (Lipinski definition) is 0. The van der Waals surface area contributed by atoms with Crippen molar-refractivity contribution in [1.82, 2.24) is 0 Å². The first-order valence-electron chi connectivity index (χ1n) is 6.01. The topological polar surface area (TPSA) is 18.5 Å². The predicted molar refractivity (Wildman–Crippen MR) is 73.9 cm³/mol. The molecule has 1 aliphatic rings. The van der Waals surface area contributed by atoms with Gasteiger partial charge in [-0.15, -0.1) is 0 Å². The molecule has 0 unspecified atom stereocenters. The Morgan fingerprint density at radius 3 is 2.17 bits per heavy atom. The lowest BCUT2D eigenvalue weighted by atomic mass is 9.79. The third-order valence-corrected chi connectivity index (χ3v) is 4.43. The van der Waals surface area contributed by atoms with Gasteiger partial charge < -0.3 is 9.31 Å². The lowest BCUT2D eigenvalue weighted by molar-refractivity contribution is 0.00578. The van der Waals surface area contributed by atoms with Crippen LogP contribution in [0.25, 0.3) is 0 Å². The second kappa shape index (κ2) is 4.55. The zero-order valence-corrected chi connectivity index (χ0v) is 12.2. The third kappa shape index (κ3) is 2.31. The molecule has 1 fully saturated rings. The van der Waals surface area contributed by atoms with Crippen LogP contribution in [0.3, 0.4) is 0 Å². The van der Waals surface area contributed by atoms with Gasteiger partial charge >= 0.3 is 7.12 Å². The summed E-state index contributed by atoms with van der Waals surface area (Å²) in [7, 11) is -0.429. The monoisotopic (exact) mass is 268 g/mol. The summed E-state index contributed by atoms with van der Waals surface area (Å²) in [5, 5.41) is 0. The maximum absolute atomic E-state index is 12.8. The minimum absolute atomic E-state index is 0.257. The van der Waals surface area contributed by atoms with Gasteiger partial charge in [0.15, 0.2) is 0 Å².